The van der Waals surface area contributed by atoms with Crippen LogP contribution in [0.25, 0.3) is 6.08 Å². The van der Waals surface area contributed by atoms with Crippen LogP contribution in [0.5, 0.6) is 11.5 Å². The van der Waals surface area contributed by atoms with Crippen LogP contribution in [0, 0.1) is 0 Å². The summed E-state index contributed by atoms with van der Waals surface area (Å²) in [5.74, 6) is 1.06. The van der Waals surface area contributed by atoms with Gasteiger partial charge in [0.1, 0.15) is 17.1 Å². The number of hydrogen-bond donors (Lipinski definition) is 1. The van der Waals surface area contributed by atoms with E-state index in [1.807, 2.05) is 12.1 Å². The highest BCUT2D eigenvalue weighted by molar-refractivity contribution is 5.66. The summed E-state index contributed by atoms with van der Waals surface area (Å²) in [6, 6.07) is 14.0. The zero-order valence-electron chi connectivity index (χ0n) is 16.0. The molecule has 1 aliphatic rings. The first-order valence-electron chi connectivity index (χ1n) is 9.37. The number of fused-ring (bicyclic) bond motifs is 1. The quantitative estimate of drug-likeness (QED) is 0.640. The molecule has 0 saturated carbocycles. The van der Waals surface area contributed by atoms with Crippen molar-refractivity contribution in [2.24, 2.45) is 0 Å². The van der Waals surface area contributed by atoms with Gasteiger partial charge in [0.25, 0.3) is 0 Å². The van der Waals surface area contributed by atoms with Gasteiger partial charge in [-0.3, -0.25) is 0 Å². The van der Waals surface area contributed by atoms with Gasteiger partial charge in [-0.15, -0.1) is 0 Å². The van der Waals surface area contributed by atoms with E-state index < -0.39 is 0 Å². The van der Waals surface area contributed by atoms with Crippen LogP contribution in [-0.4, -0.2) is 10.7 Å². The van der Waals surface area contributed by atoms with Crippen LogP contribution in [0.4, 0.5) is 0 Å². The maximum atomic E-state index is 10.2. The number of ether oxygens (including phenoxy) is 1. The molecule has 2 heteroatoms. The molecule has 1 N–H and O–H groups in total. The number of phenols is 1. The molecule has 3 rings (SSSR count). The van der Waals surface area contributed by atoms with Gasteiger partial charge in [-0.25, -0.2) is 0 Å². The summed E-state index contributed by atoms with van der Waals surface area (Å²) in [5, 5.41) is 10.2. The van der Waals surface area contributed by atoms with Gasteiger partial charge in [-0.1, -0.05) is 48.1 Å². The van der Waals surface area contributed by atoms with E-state index in [0.717, 1.165) is 42.6 Å². The van der Waals surface area contributed by atoms with Crippen molar-refractivity contribution < 1.29 is 9.84 Å². The first kappa shape index (κ1) is 18.3. The first-order valence-corrected chi connectivity index (χ1v) is 9.37. The molecule has 0 aromatic heterocycles. The van der Waals surface area contributed by atoms with Gasteiger partial charge in [0, 0.05) is 11.6 Å². The molecule has 1 unspecified atom stereocenters. The molecule has 136 valence electrons. The topological polar surface area (TPSA) is 29.5 Å². The van der Waals surface area contributed by atoms with Crippen LogP contribution < -0.4 is 4.74 Å². The summed E-state index contributed by atoms with van der Waals surface area (Å²) >= 11 is 0. The standard InChI is InChI=1S/C24H28O2/c1-18(2)8-7-14-24(3)15-13-22-20(16-21(25)17-23(22)26-24)12-11-19-9-5-4-6-10-19/h4-6,8-10,13,15-17,25H,7,11-12,14H2,1-3H3. The maximum absolute atomic E-state index is 10.2. The van der Waals surface area contributed by atoms with E-state index in [2.05, 4.69) is 63.3 Å². The summed E-state index contributed by atoms with van der Waals surface area (Å²) in [6.07, 6.45) is 10.3. The number of benzene rings is 2. The van der Waals surface area contributed by atoms with Crippen molar-refractivity contribution in [3.63, 3.8) is 0 Å². The van der Waals surface area contributed by atoms with E-state index in [9.17, 15) is 5.11 Å². The summed E-state index contributed by atoms with van der Waals surface area (Å²) in [4.78, 5) is 0. The summed E-state index contributed by atoms with van der Waals surface area (Å²) < 4.78 is 6.30. The minimum absolute atomic E-state index is 0.272. The van der Waals surface area contributed by atoms with Crippen LogP contribution in [0.15, 0.2) is 60.2 Å². The van der Waals surface area contributed by atoms with E-state index in [0.29, 0.717) is 0 Å². The number of allylic oxidation sites excluding steroid dienone is 2. The van der Waals surface area contributed by atoms with Crippen molar-refractivity contribution in [2.75, 3.05) is 0 Å². The Labute approximate surface area is 156 Å². The van der Waals surface area contributed by atoms with Crippen molar-refractivity contribution in [2.45, 2.75) is 52.1 Å². The molecule has 1 aliphatic heterocycles. The second kappa shape index (κ2) is 7.82. The fraction of sp³-hybridized carbons (Fsp3) is 0.333. The lowest BCUT2D eigenvalue weighted by Gasteiger charge is -2.32. The van der Waals surface area contributed by atoms with Crippen LogP contribution in [0.1, 0.15) is 50.3 Å². The Morgan fingerprint density at radius 2 is 1.88 bits per heavy atom. The molecule has 0 spiro atoms. The van der Waals surface area contributed by atoms with Crippen LogP contribution >= 0.6 is 0 Å². The summed E-state index contributed by atoms with van der Waals surface area (Å²) in [7, 11) is 0. The monoisotopic (exact) mass is 348 g/mol. The second-order valence-electron chi connectivity index (χ2n) is 7.57. The molecule has 2 aromatic carbocycles. The molecule has 0 bridgehead atoms. The first-order chi connectivity index (χ1) is 12.5. The summed E-state index contributed by atoms with van der Waals surface area (Å²) in [6.45, 7) is 6.34. The molecule has 1 heterocycles. The van der Waals surface area contributed by atoms with E-state index in [1.165, 1.54) is 11.1 Å². The largest absolute Gasteiger partial charge is 0.508 e. The molecule has 1 atom stereocenters. The predicted octanol–water partition coefficient (Wildman–Crippen LogP) is 6.09. The smallest absolute Gasteiger partial charge is 0.131 e. The average molecular weight is 348 g/mol. The highest BCUT2D eigenvalue weighted by Crippen LogP contribution is 2.38. The lowest BCUT2D eigenvalue weighted by Crippen LogP contribution is -2.31. The highest BCUT2D eigenvalue weighted by Gasteiger charge is 2.28. The molecule has 2 nitrogen and oxygen atoms in total. The Balaban J connectivity index is 1.78. The minimum Gasteiger partial charge on any atom is -0.508 e. The van der Waals surface area contributed by atoms with Crippen molar-refractivity contribution in [3.05, 3.63) is 76.9 Å². The van der Waals surface area contributed by atoms with E-state index in [4.69, 9.17) is 4.74 Å². The molecule has 0 saturated heterocycles. The Bertz CT molecular complexity index is 814. The molecular weight excluding hydrogens is 320 g/mol. The Morgan fingerprint density at radius 3 is 2.62 bits per heavy atom. The molecule has 26 heavy (non-hydrogen) atoms. The fourth-order valence-corrected chi connectivity index (χ4v) is 3.40. The zero-order chi connectivity index (χ0) is 18.6. The maximum Gasteiger partial charge on any atom is 0.131 e. The number of hydrogen-bond acceptors (Lipinski definition) is 2. The third-order valence-electron chi connectivity index (χ3n) is 4.88. The third-order valence-corrected chi connectivity index (χ3v) is 4.88. The predicted molar refractivity (Wildman–Crippen MR) is 109 cm³/mol. The summed E-state index contributed by atoms with van der Waals surface area (Å²) in [5.41, 5.74) is 4.53. The highest BCUT2D eigenvalue weighted by atomic mass is 16.5. The normalized spacial score (nSPS) is 18.1. The third kappa shape index (κ3) is 4.57. The van der Waals surface area contributed by atoms with Crippen molar-refractivity contribution in [1.29, 1.82) is 0 Å². The molecule has 2 aromatic rings. The zero-order valence-corrected chi connectivity index (χ0v) is 16.0. The SMILES string of the molecule is CC(C)=CCCC1(C)C=Cc2c(CCc3ccccc3)cc(O)cc2O1. The number of aryl methyl sites for hydroxylation is 2. The fourth-order valence-electron chi connectivity index (χ4n) is 3.40. The van der Waals surface area contributed by atoms with Gasteiger partial charge in [-0.2, -0.15) is 0 Å². The number of aromatic hydroxyl groups is 1. The Hall–Kier alpha value is -2.48. The molecule has 0 fully saturated rings. The van der Waals surface area contributed by atoms with Gasteiger partial charge in [0.05, 0.1) is 0 Å². The van der Waals surface area contributed by atoms with Gasteiger partial charge >= 0.3 is 0 Å². The number of phenolic OH excluding ortho intramolecular Hbond substituents is 1. The van der Waals surface area contributed by atoms with E-state index in [-0.39, 0.29) is 11.4 Å². The van der Waals surface area contributed by atoms with Gasteiger partial charge in [0.2, 0.25) is 0 Å². The van der Waals surface area contributed by atoms with Crippen molar-refractivity contribution >= 4 is 6.08 Å². The van der Waals surface area contributed by atoms with Crippen molar-refractivity contribution in [1.82, 2.24) is 0 Å². The van der Waals surface area contributed by atoms with E-state index >= 15 is 0 Å². The minimum atomic E-state index is -0.330. The second-order valence-corrected chi connectivity index (χ2v) is 7.57. The average Bonchev–Trinajstić information content (AvgIpc) is 2.59. The van der Waals surface area contributed by atoms with Crippen LogP contribution in [0.3, 0.4) is 0 Å². The molecule has 0 radical (unpaired) electrons. The van der Waals surface area contributed by atoms with Gasteiger partial charge < -0.3 is 9.84 Å². The molecular formula is C24H28O2. The number of rotatable bonds is 6. The molecule has 0 aliphatic carbocycles. The van der Waals surface area contributed by atoms with Crippen LogP contribution in [-0.2, 0) is 12.8 Å². The molecule has 0 amide bonds. The Kier molecular flexibility index (Phi) is 5.51. The van der Waals surface area contributed by atoms with E-state index in [1.54, 1.807) is 6.07 Å². The lowest BCUT2D eigenvalue weighted by molar-refractivity contribution is 0.128. The van der Waals surface area contributed by atoms with Gasteiger partial charge in [-0.05, 0) is 69.7 Å². The Morgan fingerprint density at radius 1 is 1.12 bits per heavy atom. The van der Waals surface area contributed by atoms with Gasteiger partial charge in [0.15, 0.2) is 0 Å². The van der Waals surface area contributed by atoms with Crippen molar-refractivity contribution in [3.8, 4) is 11.5 Å². The van der Waals surface area contributed by atoms with Crippen LogP contribution in [0.2, 0.25) is 0 Å². The lowest BCUT2D eigenvalue weighted by atomic mass is 9.91.